The predicted molar refractivity (Wildman–Crippen MR) is 99.8 cm³/mol. The molecule has 0 spiro atoms. The van der Waals surface area contributed by atoms with Crippen molar-refractivity contribution in [3.8, 4) is 5.75 Å². The molecule has 0 aliphatic carbocycles. The van der Waals surface area contributed by atoms with Crippen LogP contribution < -0.4 is 10.1 Å². The Labute approximate surface area is 155 Å². The van der Waals surface area contributed by atoms with Crippen molar-refractivity contribution >= 4 is 11.8 Å². The van der Waals surface area contributed by atoms with Gasteiger partial charge in [0, 0.05) is 25.6 Å². The Morgan fingerprint density at radius 1 is 1.27 bits per heavy atom. The molecule has 2 atom stereocenters. The standard InChI is InChI=1S/C20H30N2O4/c1-14(2)20(24)22(13-16-7-9-17(25-4)10-8-16)15(3)19(23)21-12-18-6-5-11-26-18/h7-10,14-15,18H,5-6,11-13H2,1-4H3,(H,21,23)/t15-,18-/m0/s1. The van der Waals surface area contributed by atoms with Crippen molar-refractivity contribution in [3.63, 3.8) is 0 Å². The molecule has 6 heteroatoms. The number of nitrogens with one attached hydrogen (secondary N) is 1. The largest absolute Gasteiger partial charge is 0.497 e. The minimum Gasteiger partial charge on any atom is -0.497 e. The van der Waals surface area contributed by atoms with Crippen LogP contribution in [0.5, 0.6) is 5.75 Å². The van der Waals surface area contributed by atoms with Crippen LogP contribution in [0, 0.1) is 5.92 Å². The van der Waals surface area contributed by atoms with E-state index in [-0.39, 0.29) is 23.8 Å². The van der Waals surface area contributed by atoms with Gasteiger partial charge in [-0.3, -0.25) is 9.59 Å². The molecule has 26 heavy (non-hydrogen) atoms. The summed E-state index contributed by atoms with van der Waals surface area (Å²) in [5.41, 5.74) is 0.957. The Kier molecular flexibility index (Phi) is 7.45. The third-order valence-corrected chi connectivity index (χ3v) is 4.66. The highest BCUT2D eigenvalue weighted by atomic mass is 16.5. The molecule has 6 nitrogen and oxygen atoms in total. The molecule has 0 aromatic heterocycles. The number of carbonyl (C=O) groups is 2. The summed E-state index contributed by atoms with van der Waals surface area (Å²) in [6.07, 6.45) is 2.09. The van der Waals surface area contributed by atoms with E-state index < -0.39 is 6.04 Å². The summed E-state index contributed by atoms with van der Waals surface area (Å²) in [5, 5.41) is 2.92. The molecule has 144 valence electrons. The topological polar surface area (TPSA) is 67.9 Å². The van der Waals surface area contributed by atoms with E-state index in [0.29, 0.717) is 13.1 Å². The number of carbonyl (C=O) groups excluding carboxylic acids is 2. The van der Waals surface area contributed by atoms with Crippen LogP contribution in [0.15, 0.2) is 24.3 Å². The lowest BCUT2D eigenvalue weighted by Gasteiger charge is -2.30. The van der Waals surface area contributed by atoms with Crippen LogP contribution in [0.4, 0.5) is 0 Å². The molecule has 1 fully saturated rings. The number of ether oxygens (including phenoxy) is 2. The van der Waals surface area contributed by atoms with Crippen molar-refractivity contribution in [3.05, 3.63) is 29.8 Å². The van der Waals surface area contributed by atoms with Crippen LogP contribution in [-0.2, 0) is 20.9 Å². The molecule has 2 amide bonds. The zero-order valence-corrected chi connectivity index (χ0v) is 16.2. The first-order valence-corrected chi connectivity index (χ1v) is 9.25. The van der Waals surface area contributed by atoms with Crippen molar-refractivity contribution in [2.75, 3.05) is 20.3 Å². The van der Waals surface area contributed by atoms with Gasteiger partial charge in [0.25, 0.3) is 0 Å². The highest BCUT2D eigenvalue weighted by molar-refractivity contribution is 5.88. The highest BCUT2D eigenvalue weighted by Gasteiger charge is 2.28. The van der Waals surface area contributed by atoms with Gasteiger partial charge in [-0.05, 0) is 37.5 Å². The molecule has 1 aromatic carbocycles. The van der Waals surface area contributed by atoms with E-state index in [1.165, 1.54) is 0 Å². The fourth-order valence-electron chi connectivity index (χ4n) is 2.97. The van der Waals surface area contributed by atoms with Crippen LogP contribution in [0.25, 0.3) is 0 Å². The maximum Gasteiger partial charge on any atom is 0.242 e. The van der Waals surface area contributed by atoms with Crippen molar-refractivity contribution in [2.24, 2.45) is 5.92 Å². The number of rotatable bonds is 8. The summed E-state index contributed by atoms with van der Waals surface area (Å²) in [7, 11) is 1.62. The normalized spacial score (nSPS) is 17.8. The lowest BCUT2D eigenvalue weighted by molar-refractivity contribution is -0.143. The Morgan fingerprint density at radius 2 is 1.96 bits per heavy atom. The average Bonchev–Trinajstić information content (AvgIpc) is 3.17. The monoisotopic (exact) mass is 362 g/mol. The fraction of sp³-hybridized carbons (Fsp3) is 0.600. The molecule has 1 N–H and O–H groups in total. The predicted octanol–water partition coefficient (Wildman–Crippen LogP) is 2.36. The van der Waals surface area contributed by atoms with Gasteiger partial charge in [-0.1, -0.05) is 26.0 Å². The number of nitrogens with zero attached hydrogens (tertiary/aromatic N) is 1. The molecule has 1 aliphatic rings. The van der Waals surface area contributed by atoms with E-state index in [4.69, 9.17) is 9.47 Å². The Hall–Kier alpha value is -2.08. The molecule has 0 radical (unpaired) electrons. The third-order valence-electron chi connectivity index (χ3n) is 4.66. The molecule has 0 bridgehead atoms. The first kappa shape index (κ1) is 20.2. The molecule has 1 heterocycles. The molecule has 0 saturated carbocycles. The summed E-state index contributed by atoms with van der Waals surface area (Å²) in [5.74, 6) is 0.392. The lowest BCUT2D eigenvalue weighted by atomic mass is 10.1. The Morgan fingerprint density at radius 3 is 2.50 bits per heavy atom. The number of methoxy groups -OCH3 is 1. The van der Waals surface area contributed by atoms with E-state index >= 15 is 0 Å². The van der Waals surface area contributed by atoms with E-state index in [9.17, 15) is 9.59 Å². The quantitative estimate of drug-likeness (QED) is 0.771. The van der Waals surface area contributed by atoms with Crippen molar-refractivity contribution in [1.82, 2.24) is 10.2 Å². The van der Waals surface area contributed by atoms with Crippen LogP contribution in [0.2, 0.25) is 0 Å². The summed E-state index contributed by atoms with van der Waals surface area (Å²) in [6, 6.07) is 6.99. The maximum absolute atomic E-state index is 12.7. The summed E-state index contributed by atoms with van der Waals surface area (Å²) >= 11 is 0. The van der Waals surface area contributed by atoms with E-state index in [2.05, 4.69) is 5.32 Å². The molecular formula is C20H30N2O4. The smallest absolute Gasteiger partial charge is 0.242 e. The van der Waals surface area contributed by atoms with Gasteiger partial charge in [-0.2, -0.15) is 0 Å². The number of benzene rings is 1. The number of hydrogen-bond acceptors (Lipinski definition) is 4. The number of hydrogen-bond donors (Lipinski definition) is 1. The van der Waals surface area contributed by atoms with Gasteiger partial charge < -0.3 is 19.7 Å². The van der Waals surface area contributed by atoms with E-state index in [1.54, 1.807) is 18.9 Å². The van der Waals surface area contributed by atoms with Crippen LogP contribution in [0.1, 0.15) is 39.2 Å². The van der Waals surface area contributed by atoms with Gasteiger partial charge in [0.2, 0.25) is 11.8 Å². The van der Waals surface area contributed by atoms with Gasteiger partial charge in [-0.15, -0.1) is 0 Å². The second-order valence-electron chi connectivity index (χ2n) is 7.03. The molecular weight excluding hydrogens is 332 g/mol. The van der Waals surface area contributed by atoms with E-state index in [1.807, 2.05) is 38.1 Å². The van der Waals surface area contributed by atoms with Gasteiger partial charge in [0.05, 0.1) is 13.2 Å². The van der Waals surface area contributed by atoms with Crippen molar-refractivity contribution in [1.29, 1.82) is 0 Å². The highest BCUT2D eigenvalue weighted by Crippen LogP contribution is 2.17. The third kappa shape index (κ3) is 5.46. The summed E-state index contributed by atoms with van der Waals surface area (Å²) in [4.78, 5) is 26.9. The van der Waals surface area contributed by atoms with Gasteiger partial charge in [0.15, 0.2) is 0 Å². The second-order valence-corrected chi connectivity index (χ2v) is 7.03. The SMILES string of the molecule is COc1ccc(CN(C(=O)C(C)C)[C@@H](C)C(=O)NC[C@@H]2CCCO2)cc1. The van der Waals surface area contributed by atoms with Crippen molar-refractivity contribution < 1.29 is 19.1 Å². The zero-order chi connectivity index (χ0) is 19.1. The zero-order valence-electron chi connectivity index (χ0n) is 16.2. The molecule has 0 unspecified atom stereocenters. The lowest BCUT2D eigenvalue weighted by Crippen LogP contribution is -2.50. The summed E-state index contributed by atoms with van der Waals surface area (Å²) < 4.78 is 10.7. The average molecular weight is 362 g/mol. The molecule has 1 saturated heterocycles. The Balaban J connectivity index is 2.03. The molecule has 1 aliphatic heterocycles. The summed E-state index contributed by atoms with van der Waals surface area (Å²) in [6.45, 7) is 7.10. The number of amides is 2. The first-order chi connectivity index (χ1) is 12.4. The van der Waals surface area contributed by atoms with Gasteiger partial charge >= 0.3 is 0 Å². The van der Waals surface area contributed by atoms with Crippen molar-refractivity contribution in [2.45, 2.75) is 52.3 Å². The molecule has 2 rings (SSSR count). The second kappa shape index (κ2) is 9.57. The van der Waals surface area contributed by atoms with Crippen LogP contribution in [0.3, 0.4) is 0 Å². The van der Waals surface area contributed by atoms with Gasteiger partial charge in [-0.25, -0.2) is 0 Å². The fourth-order valence-corrected chi connectivity index (χ4v) is 2.97. The van der Waals surface area contributed by atoms with E-state index in [0.717, 1.165) is 30.8 Å². The van der Waals surface area contributed by atoms with Gasteiger partial charge in [0.1, 0.15) is 11.8 Å². The first-order valence-electron chi connectivity index (χ1n) is 9.25. The Bertz CT molecular complexity index is 594. The molecule has 1 aromatic rings. The maximum atomic E-state index is 12.7. The minimum atomic E-state index is -0.548. The van der Waals surface area contributed by atoms with Crippen LogP contribution in [-0.4, -0.2) is 49.1 Å². The minimum absolute atomic E-state index is 0.0411. The van der Waals surface area contributed by atoms with Crippen LogP contribution >= 0.6 is 0 Å².